The van der Waals surface area contributed by atoms with Crippen molar-refractivity contribution in [3.05, 3.63) is 29.8 Å². The van der Waals surface area contributed by atoms with E-state index in [0.717, 1.165) is 12.2 Å². The smallest absolute Gasteiger partial charge is 0.221 e. The molecule has 1 unspecified atom stereocenters. The molecular weight excluding hydrogens is 256 g/mol. The monoisotopic (exact) mass is 276 g/mol. The highest BCUT2D eigenvalue weighted by molar-refractivity contribution is 5.77. The molecule has 0 radical (unpaired) electrons. The van der Waals surface area contributed by atoms with Crippen molar-refractivity contribution < 1.29 is 14.3 Å². The van der Waals surface area contributed by atoms with Crippen LogP contribution in [0.1, 0.15) is 18.9 Å². The van der Waals surface area contributed by atoms with Crippen LogP contribution in [0.3, 0.4) is 0 Å². The lowest BCUT2D eigenvalue weighted by Gasteiger charge is -2.25. The summed E-state index contributed by atoms with van der Waals surface area (Å²) in [6.07, 6.45) is 1.23. The number of carbonyl (C=O) groups excluding carboxylic acids is 2. The maximum absolute atomic E-state index is 11.6. The second-order valence-corrected chi connectivity index (χ2v) is 5.03. The summed E-state index contributed by atoms with van der Waals surface area (Å²) in [5, 5.41) is 5.49. The highest BCUT2D eigenvalue weighted by Crippen LogP contribution is 2.26. The summed E-state index contributed by atoms with van der Waals surface area (Å²) in [6.45, 7) is 3.05. The van der Waals surface area contributed by atoms with Crippen molar-refractivity contribution in [1.82, 2.24) is 10.6 Å². The topological polar surface area (TPSA) is 67.4 Å². The first-order valence-corrected chi connectivity index (χ1v) is 6.87. The molecular formula is C15H20N2O3. The van der Waals surface area contributed by atoms with Gasteiger partial charge in [0.15, 0.2) is 0 Å². The number of para-hydroxylation sites is 1. The van der Waals surface area contributed by atoms with E-state index in [-0.39, 0.29) is 11.8 Å². The summed E-state index contributed by atoms with van der Waals surface area (Å²) in [4.78, 5) is 22.3. The average molecular weight is 276 g/mol. The summed E-state index contributed by atoms with van der Waals surface area (Å²) >= 11 is 0. The molecule has 0 saturated heterocycles. The van der Waals surface area contributed by atoms with Crippen LogP contribution in [0, 0.1) is 5.92 Å². The zero-order chi connectivity index (χ0) is 14.4. The van der Waals surface area contributed by atoms with Crippen molar-refractivity contribution in [3.8, 4) is 5.75 Å². The molecule has 108 valence electrons. The Hall–Kier alpha value is -2.04. The second-order valence-electron chi connectivity index (χ2n) is 5.03. The molecule has 2 rings (SSSR count). The molecule has 5 heteroatoms. The maximum atomic E-state index is 11.6. The van der Waals surface area contributed by atoms with Crippen LogP contribution >= 0.6 is 0 Å². The number of benzene rings is 1. The van der Waals surface area contributed by atoms with Gasteiger partial charge in [-0.2, -0.15) is 0 Å². The van der Waals surface area contributed by atoms with Gasteiger partial charge in [0.1, 0.15) is 5.75 Å². The molecule has 5 nitrogen and oxygen atoms in total. The van der Waals surface area contributed by atoms with Gasteiger partial charge in [0.2, 0.25) is 11.8 Å². The van der Waals surface area contributed by atoms with Crippen LogP contribution in [0.25, 0.3) is 0 Å². The lowest BCUT2D eigenvalue weighted by molar-refractivity contribution is -0.121. The molecule has 0 bridgehead atoms. The van der Waals surface area contributed by atoms with Gasteiger partial charge in [0, 0.05) is 32.4 Å². The van der Waals surface area contributed by atoms with E-state index in [9.17, 15) is 9.59 Å². The third-order valence-corrected chi connectivity index (χ3v) is 3.27. The van der Waals surface area contributed by atoms with Gasteiger partial charge in [-0.15, -0.1) is 0 Å². The van der Waals surface area contributed by atoms with Crippen LogP contribution in [0.5, 0.6) is 5.75 Å². The molecule has 1 aliphatic rings. The molecule has 0 aromatic heterocycles. The Labute approximate surface area is 118 Å². The van der Waals surface area contributed by atoms with Crippen molar-refractivity contribution in [1.29, 1.82) is 0 Å². The molecule has 0 aliphatic carbocycles. The van der Waals surface area contributed by atoms with Gasteiger partial charge in [-0.3, -0.25) is 9.59 Å². The molecule has 2 N–H and O–H groups in total. The van der Waals surface area contributed by atoms with Gasteiger partial charge in [0.05, 0.1) is 6.61 Å². The normalized spacial score (nSPS) is 16.8. The van der Waals surface area contributed by atoms with E-state index >= 15 is 0 Å². The Morgan fingerprint density at radius 1 is 1.30 bits per heavy atom. The molecule has 0 fully saturated rings. The first kappa shape index (κ1) is 14.4. The fourth-order valence-electron chi connectivity index (χ4n) is 2.22. The quantitative estimate of drug-likeness (QED) is 0.839. The Morgan fingerprint density at radius 2 is 2.10 bits per heavy atom. The van der Waals surface area contributed by atoms with Gasteiger partial charge in [-0.05, 0) is 18.1 Å². The molecule has 0 saturated carbocycles. The number of carbonyl (C=O) groups is 2. The van der Waals surface area contributed by atoms with E-state index in [0.29, 0.717) is 32.0 Å². The maximum Gasteiger partial charge on any atom is 0.221 e. The molecule has 1 aromatic carbocycles. The lowest BCUT2D eigenvalue weighted by Crippen LogP contribution is -2.36. The summed E-state index contributed by atoms with van der Waals surface area (Å²) < 4.78 is 5.67. The minimum atomic E-state index is -0.116. The van der Waals surface area contributed by atoms with E-state index in [1.807, 2.05) is 18.2 Å². The third kappa shape index (κ3) is 4.26. The third-order valence-electron chi connectivity index (χ3n) is 3.27. The van der Waals surface area contributed by atoms with Gasteiger partial charge in [-0.1, -0.05) is 18.2 Å². The zero-order valence-electron chi connectivity index (χ0n) is 11.6. The molecule has 1 aliphatic heterocycles. The van der Waals surface area contributed by atoms with Crippen molar-refractivity contribution in [2.45, 2.75) is 19.8 Å². The highest BCUT2D eigenvalue weighted by Gasteiger charge is 2.19. The Morgan fingerprint density at radius 3 is 2.90 bits per heavy atom. The molecule has 0 spiro atoms. The van der Waals surface area contributed by atoms with Crippen LogP contribution in [0.2, 0.25) is 0 Å². The van der Waals surface area contributed by atoms with Gasteiger partial charge < -0.3 is 15.4 Å². The van der Waals surface area contributed by atoms with Crippen LogP contribution in [-0.2, 0) is 16.0 Å². The van der Waals surface area contributed by atoms with Crippen molar-refractivity contribution in [2.24, 2.45) is 5.92 Å². The van der Waals surface area contributed by atoms with Crippen LogP contribution in [0.4, 0.5) is 0 Å². The van der Waals surface area contributed by atoms with Crippen molar-refractivity contribution in [3.63, 3.8) is 0 Å². The number of amides is 2. The predicted octanol–water partition coefficient (Wildman–Crippen LogP) is 0.880. The average Bonchev–Trinajstić information content (AvgIpc) is 2.44. The van der Waals surface area contributed by atoms with Crippen LogP contribution < -0.4 is 15.4 Å². The van der Waals surface area contributed by atoms with Crippen LogP contribution in [-0.4, -0.2) is 31.5 Å². The minimum Gasteiger partial charge on any atom is -0.493 e. The molecule has 1 aromatic rings. The highest BCUT2D eigenvalue weighted by atomic mass is 16.5. The van der Waals surface area contributed by atoms with Crippen molar-refractivity contribution >= 4 is 11.8 Å². The van der Waals surface area contributed by atoms with E-state index in [2.05, 4.69) is 16.7 Å². The number of nitrogens with one attached hydrogen (secondary N) is 2. The van der Waals surface area contributed by atoms with Gasteiger partial charge in [0.25, 0.3) is 0 Å². The summed E-state index contributed by atoms with van der Waals surface area (Å²) in [5.41, 5.74) is 1.19. The summed E-state index contributed by atoms with van der Waals surface area (Å²) in [5.74, 6) is 1.09. The number of hydrogen-bond acceptors (Lipinski definition) is 3. The molecule has 2 amide bonds. The number of rotatable bonds is 5. The second kappa shape index (κ2) is 6.93. The summed E-state index contributed by atoms with van der Waals surface area (Å²) in [7, 11) is 0. The first-order chi connectivity index (χ1) is 9.65. The standard InChI is InChI=1S/C15H20N2O3/c1-11(18)16-7-6-15(19)17-9-12-8-13-4-2-3-5-14(13)20-10-12/h2-5,12H,6-10H2,1H3,(H,16,18)(H,17,19). The first-order valence-electron chi connectivity index (χ1n) is 6.87. The zero-order valence-corrected chi connectivity index (χ0v) is 11.6. The van der Waals surface area contributed by atoms with E-state index in [4.69, 9.17) is 4.74 Å². The fraction of sp³-hybridized carbons (Fsp3) is 0.467. The number of fused-ring (bicyclic) bond motifs is 1. The SMILES string of the molecule is CC(=O)NCCC(=O)NCC1COc2ccccc2C1. The van der Waals surface area contributed by atoms with E-state index < -0.39 is 0 Å². The van der Waals surface area contributed by atoms with E-state index in [1.54, 1.807) is 0 Å². The van der Waals surface area contributed by atoms with Gasteiger partial charge in [-0.25, -0.2) is 0 Å². The summed E-state index contributed by atoms with van der Waals surface area (Å²) in [6, 6.07) is 7.98. The Kier molecular flexibility index (Phi) is 4.98. The van der Waals surface area contributed by atoms with Crippen molar-refractivity contribution in [2.75, 3.05) is 19.7 Å². The lowest BCUT2D eigenvalue weighted by atomic mass is 9.97. The molecule has 20 heavy (non-hydrogen) atoms. The van der Waals surface area contributed by atoms with E-state index in [1.165, 1.54) is 12.5 Å². The molecule has 1 atom stereocenters. The Bertz CT molecular complexity index is 488. The Balaban J connectivity index is 1.70. The fourth-order valence-corrected chi connectivity index (χ4v) is 2.22. The largest absolute Gasteiger partial charge is 0.493 e. The number of ether oxygens (including phenoxy) is 1. The molecule has 1 heterocycles. The van der Waals surface area contributed by atoms with Gasteiger partial charge >= 0.3 is 0 Å². The number of hydrogen-bond donors (Lipinski definition) is 2. The van der Waals surface area contributed by atoms with Crippen LogP contribution in [0.15, 0.2) is 24.3 Å². The predicted molar refractivity (Wildman–Crippen MR) is 75.4 cm³/mol. The minimum absolute atomic E-state index is 0.0439.